The zero-order valence-corrected chi connectivity index (χ0v) is 22.6. The molecular formula is C30H22F4N2O4S. The first-order chi connectivity index (χ1) is 19.8. The zero-order valence-electron chi connectivity index (χ0n) is 21.7. The minimum Gasteiger partial charge on any atom is -0.492 e. The van der Waals surface area contributed by atoms with Gasteiger partial charge in [0.25, 0.3) is 0 Å². The lowest BCUT2D eigenvalue weighted by Gasteiger charge is -2.26. The molecule has 0 aromatic heterocycles. The van der Waals surface area contributed by atoms with Gasteiger partial charge in [0, 0.05) is 23.3 Å². The highest BCUT2D eigenvalue weighted by atomic mass is 32.2. The van der Waals surface area contributed by atoms with E-state index in [2.05, 4.69) is 5.10 Å². The molecule has 0 aliphatic carbocycles. The van der Waals surface area contributed by atoms with Crippen molar-refractivity contribution in [2.45, 2.75) is 12.0 Å². The first kappa shape index (κ1) is 28.0. The summed E-state index contributed by atoms with van der Waals surface area (Å²) >= 11 is 1.15. The molecule has 4 aromatic rings. The number of nitrogens with zero attached hydrogens (tertiary/aromatic N) is 2. The molecule has 1 unspecified atom stereocenters. The lowest BCUT2D eigenvalue weighted by Crippen LogP contribution is -2.20. The van der Waals surface area contributed by atoms with Crippen LogP contribution in [0.25, 0.3) is 0 Å². The van der Waals surface area contributed by atoms with Gasteiger partial charge in [0.15, 0.2) is 23.1 Å². The molecule has 210 valence electrons. The average molecular weight is 583 g/mol. The van der Waals surface area contributed by atoms with Crippen LogP contribution in [0.4, 0.5) is 23.2 Å². The van der Waals surface area contributed by atoms with E-state index in [4.69, 9.17) is 14.2 Å². The number of thioether (sulfide) groups is 1. The molecule has 41 heavy (non-hydrogen) atoms. The molecule has 0 fully saturated rings. The molecule has 5 rings (SSSR count). The normalized spacial score (nSPS) is 14.5. The van der Waals surface area contributed by atoms with Gasteiger partial charge in [-0.3, -0.25) is 0 Å². The highest BCUT2D eigenvalue weighted by Crippen LogP contribution is 2.49. The Morgan fingerprint density at radius 1 is 0.902 bits per heavy atom. The smallest absolute Gasteiger partial charge is 0.337 e. The van der Waals surface area contributed by atoms with Crippen molar-refractivity contribution in [3.63, 3.8) is 0 Å². The number of carbonyl (C=O) groups is 1. The topological polar surface area (TPSA) is 60.4 Å². The number of para-hydroxylation sites is 1. The second-order valence-electron chi connectivity index (χ2n) is 8.80. The number of ether oxygens (including phenoxy) is 3. The van der Waals surface area contributed by atoms with Crippen LogP contribution in [0.5, 0.6) is 11.5 Å². The number of carbonyl (C=O) groups excluding carboxylic acids is 1. The molecule has 0 saturated heterocycles. The van der Waals surface area contributed by atoms with Crippen LogP contribution in [0.15, 0.2) is 84.0 Å². The van der Waals surface area contributed by atoms with E-state index in [9.17, 15) is 22.4 Å². The van der Waals surface area contributed by atoms with E-state index in [1.165, 1.54) is 38.5 Å². The van der Waals surface area contributed by atoms with Crippen LogP contribution in [0.3, 0.4) is 0 Å². The average Bonchev–Trinajstić information content (AvgIpc) is 3.40. The van der Waals surface area contributed by atoms with Crippen molar-refractivity contribution in [1.82, 2.24) is 0 Å². The fourth-order valence-electron chi connectivity index (χ4n) is 4.29. The van der Waals surface area contributed by atoms with Gasteiger partial charge in [0.05, 0.1) is 19.8 Å². The molecule has 11 heteroatoms. The molecule has 0 spiro atoms. The van der Waals surface area contributed by atoms with Crippen LogP contribution in [0.1, 0.15) is 32.4 Å². The van der Waals surface area contributed by atoms with E-state index in [0.717, 1.165) is 16.8 Å². The standard InChI is InChI=1S/C30H22F4N2O4S/c1-38-27-22(7-4-8-25(27)40-16-17-5-3-6-19(13-17)30(37)39-2)29-36(26-23(33)14-21(32)15-24(26)34)35-28(41-29)18-9-11-20(31)12-10-18/h3-15,29H,16H2,1-2H3. The third-order valence-electron chi connectivity index (χ3n) is 6.17. The second kappa shape index (κ2) is 11.9. The summed E-state index contributed by atoms with van der Waals surface area (Å²) in [6, 6.07) is 18.4. The summed E-state index contributed by atoms with van der Waals surface area (Å²) in [4.78, 5) is 11.9. The van der Waals surface area contributed by atoms with Crippen molar-refractivity contribution in [2.24, 2.45) is 5.10 Å². The highest BCUT2D eigenvalue weighted by molar-refractivity contribution is 8.15. The van der Waals surface area contributed by atoms with Crippen molar-refractivity contribution < 1.29 is 36.6 Å². The summed E-state index contributed by atoms with van der Waals surface area (Å²) in [6.45, 7) is 0.0741. The number of benzene rings is 4. The van der Waals surface area contributed by atoms with Gasteiger partial charge < -0.3 is 14.2 Å². The molecule has 1 atom stereocenters. The van der Waals surface area contributed by atoms with Crippen molar-refractivity contribution in [2.75, 3.05) is 19.2 Å². The second-order valence-corrected chi connectivity index (χ2v) is 9.87. The zero-order chi connectivity index (χ0) is 29.1. The van der Waals surface area contributed by atoms with Gasteiger partial charge in [-0.2, -0.15) is 5.10 Å². The summed E-state index contributed by atoms with van der Waals surface area (Å²) in [5, 5.41) is 5.04. The number of rotatable bonds is 8. The largest absolute Gasteiger partial charge is 0.492 e. The molecule has 1 aliphatic rings. The minimum atomic E-state index is -1.14. The van der Waals surface area contributed by atoms with Gasteiger partial charge in [-0.05, 0) is 48.0 Å². The summed E-state index contributed by atoms with van der Waals surface area (Å²) in [5.41, 5.74) is 1.47. The molecule has 1 heterocycles. The molecular weight excluding hydrogens is 560 g/mol. The van der Waals surface area contributed by atoms with Gasteiger partial charge in [0.1, 0.15) is 34.3 Å². The molecule has 1 aliphatic heterocycles. The summed E-state index contributed by atoms with van der Waals surface area (Å²) in [7, 11) is 2.72. The third-order valence-corrected chi connectivity index (χ3v) is 7.39. The van der Waals surface area contributed by atoms with Crippen LogP contribution in [0, 0.1) is 23.3 Å². The number of halogens is 4. The highest BCUT2D eigenvalue weighted by Gasteiger charge is 2.37. The molecule has 0 bridgehead atoms. The summed E-state index contributed by atoms with van der Waals surface area (Å²) in [5.74, 6) is -3.70. The van der Waals surface area contributed by atoms with Crippen molar-refractivity contribution in [1.29, 1.82) is 0 Å². The Bertz CT molecular complexity index is 1610. The maximum atomic E-state index is 15.0. The van der Waals surface area contributed by atoms with Crippen LogP contribution in [0.2, 0.25) is 0 Å². The minimum absolute atomic E-state index is 0.0741. The number of hydrazone groups is 1. The van der Waals surface area contributed by atoms with Gasteiger partial charge in [0.2, 0.25) is 0 Å². The molecule has 0 amide bonds. The lowest BCUT2D eigenvalue weighted by atomic mass is 10.1. The van der Waals surface area contributed by atoms with Gasteiger partial charge >= 0.3 is 5.97 Å². The maximum Gasteiger partial charge on any atom is 0.337 e. The number of hydrogen-bond donors (Lipinski definition) is 0. The quantitative estimate of drug-likeness (QED) is 0.161. The van der Waals surface area contributed by atoms with E-state index in [-0.39, 0.29) is 12.4 Å². The van der Waals surface area contributed by atoms with E-state index >= 15 is 0 Å². The van der Waals surface area contributed by atoms with E-state index < -0.39 is 40.3 Å². The van der Waals surface area contributed by atoms with E-state index in [1.807, 2.05) is 0 Å². The predicted molar refractivity (Wildman–Crippen MR) is 147 cm³/mol. The van der Waals surface area contributed by atoms with Gasteiger partial charge in [-0.15, -0.1) is 0 Å². The molecule has 0 saturated carbocycles. The fourth-order valence-corrected chi connectivity index (χ4v) is 5.47. The predicted octanol–water partition coefficient (Wildman–Crippen LogP) is 7.23. The van der Waals surface area contributed by atoms with Crippen molar-refractivity contribution in [3.8, 4) is 11.5 Å². The first-order valence-corrected chi connectivity index (χ1v) is 13.1. The Balaban J connectivity index is 1.52. The van der Waals surface area contributed by atoms with Crippen LogP contribution in [-0.2, 0) is 11.3 Å². The van der Waals surface area contributed by atoms with Crippen LogP contribution >= 0.6 is 11.8 Å². The number of anilines is 1. The van der Waals surface area contributed by atoms with Crippen molar-refractivity contribution >= 4 is 28.5 Å². The molecule has 4 aromatic carbocycles. The molecule has 0 N–H and O–H groups in total. The van der Waals surface area contributed by atoms with Gasteiger partial charge in [-0.1, -0.05) is 36.0 Å². The number of hydrogen-bond acceptors (Lipinski definition) is 7. The number of methoxy groups -OCH3 is 2. The Morgan fingerprint density at radius 3 is 2.29 bits per heavy atom. The van der Waals surface area contributed by atoms with Crippen molar-refractivity contribution in [3.05, 3.63) is 124 Å². The third kappa shape index (κ3) is 5.85. The molecule has 6 nitrogen and oxygen atoms in total. The summed E-state index contributed by atoms with van der Waals surface area (Å²) in [6.07, 6.45) is 0. The first-order valence-electron chi connectivity index (χ1n) is 12.2. The number of esters is 1. The lowest BCUT2D eigenvalue weighted by molar-refractivity contribution is 0.0600. The monoisotopic (exact) mass is 582 g/mol. The Hall–Kier alpha value is -4.51. The molecule has 0 radical (unpaired) electrons. The van der Waals surface area contributed by atoms with Gasteiger partial charge in [-0.25, -0.2) is 27.4 Å². The SMILES string of the molecule is COC(=O)c1cccc(COc2cccc(C3SC(c4ccc(F)cc4)=NN3c3c(F)cc(F)cc3F)c2OC)c1. The Morgan fingerprint density at radius 2 is 1.61 bits per heavy atom. The maximum absolute atomic E-state index is 15.0. The fraction of sp³-hybridized carbons (Fsp3) is 0.133. The van der Waals surface area contributed by atoms with Crippen LogP contribution < -0.4 is 14.5 Å². The van der Waals surface area contributed by atoms with E-state index in [1.54, 1.807) is 42.5 Å². The van der Waals surface area contributed by atoms with E-state index in [0.29, 0.717) is 45.2 Å². The summed E-state index contributed by atoms with van der Waals surface area (Å²) < 4.78 is 73.8. The Labute approximate surface area is 237 Å². The Kier molecular flexibility index (Phi) is 8.16. The van der Waals surface area contributed by atoms with Crippen LogP contribution in [-0.4, -0.2) is 25.2 Å².